The maximum atomic E-state index is 11.4. The van der Waals surface area contributed by atoms with Gasteiger partial charge < -0.3 is 10.0 Å². The van der Waals surface area contributed by atoms with E-state index in [-0.39, 0.29) is 12.6 Å². The van der Waals surface area contributed by atoms with Crippen LogP contribution in [0.5, 0.6) is 0 Å². The largest absolute Gasteiger partial charge is 0.480 e. The van der Waals surface area contributed by atoms with Crippen LogP contribution in [0, 0.1) is 5.92 Å². The molecule has 3 atom stereocenters. The molecule has 3 unspecified atom stereocenters. The van der Waals surface area contributed by atoms with Crippen LogP contribution < -0.4 is 0 Å². The molecule has 0 amide bonds. The second-order valence-corrected chi connectivity index (χ2v) is 12.6. The number of carbonyl (C=O) groups is 1. The van der Waals surface area contributed by atoms with Crippen LogP contribution in [0.2, 0.25) is 0 Å². The zero-order valence-electron chi connectivity index (χ0n) is 20.5. The van der Waals surface area contributed by atoms with E-state index in [1.54, 1.807) is 0 Å². The number of carboxylic acid groups (broad SMARTS) is 1. The Kier molecular flexibility index (Phi) is 12.2. The molecule has 2 aliphatic heterocycles. The molecule has 2 aliphatic rings. The van der Waals surface area contributed by atoms with E-state index < -0.39 is 5.97 Å². The number of thioether (sulfide) groups is 1. The Morgan fingerprint density at radius 1 is 1.36 bits per heavy atom. The van der Waals surface area contributed by atoms with Crippen LogP contribution in [0.3, 0.4) is 0 Å². The first-order valence-electron chi connectivity index (χ1n) is 11.8. The predicted molar refractivity (Wildman–Crippen MR) is 147 cm³/mol. The number of hydrogen-bond acceptors (Lipinski definition) is 5. The number of rotatable bonds is 10. The minimum absolute atomic E-state index is 0.0253. The molecule has 1 saturated heterocycles. The standard InChI is InChI=1S/C26H39ClN2O2S2/c1-6-25(11-10-21(5)32-19(2)3)33-29-13-12-23(17-29)15-22-8-7-9-24(27)14-20(4)28(16-22)18-26(30)31/h6-7,9-11,14,16,19-21,23H,8,12-13,15,17-18H2,1-5H3,(H,30,31)/b9-7-,11-10-,22-16+,24-14+,25-6+. The van der Waals surface area contributed by atoms with Gasteiger partial charge in [0.15, 0.2) is 0 Å². The predicted octanol–water partition coefficient (Wildman–Crippen LogP) is 7.08. The normalized spacial score (nSPS) is 28.1. The third kappa shape index (κ3) is 10.8. The molecule has 0 saturated carbocycles. The van der Waals surface area contributed by atoms with Crippen molar-refractivity contribution in [3.63, 3.8) is 0 Å². The van der Waals surface area contributed by atoms with E-state index >= 15 is 0 Å². The molecule has 0 bridgehead atoms. The summed E-state index contributed by atoms with van der Waals surface area (Å²) in [6.45, 7) is 12.9. The van der Waals surface area contributed by atoms with Gasteiger partial charge in [-0.15, -0.1) is 0 Å². The average Bonchev–Trinajstić information content (AvgIpc) is 3.17. The molecule has 0 aromatic heterocycles. The summed E-state index contributed by atoms with van der Waals surface area (Å²) in [4.78, 5) is 14.6. The lowest BCUT2D eigenvalue weighted by atomic mass is 9.97. The Labute approximate surface area is 214 Å². The lowest BCUT2D eigenvalue weighted by Gasteiger charge is -2.25. The van der Waals surface area contributed by atoms with Crippen molar-refractivity contribution in [2.45, 2.75) is 70.4 Å². The third-order valence-corrected chi connectivity index (χ3v) is 8.14. The van der Waals surface area contributed by atoms with E-state index in [0.717, 1.165) is 32.4 Å². The molecule has 1 N–H and O–H groups in total. The van der Waals surface area contributed by atoms with E-state index in [4.69, 9.17) is 11.6 Å². The van der Waals surface area contributed by atoms with Gasteiger partial charge in [-0.3, -0.25) is 4.79 Å². The number of carboxylic acids is 1. The number of aliphatic carboxylic acids is 1. The molecule has 0 radical (unpaired) electrons. The molecule has 0 aliphatic carbocycles. The molecule has 184 valence electrons. The summed E-state index contributed by atoms with van der Waals surface area (Å²) in [6.07, 6.45) is 17.6. The van der Waals surface area contributed by atoms with E-state index in [0.29, 0.717) is 21.5 Å². The second-order valence-electron chi connectivity index (χ2n) is 9.03. The minimum atomic E-state index is -0.828. The summed E-state index contributed by atoms with van der Waals surface area (Å²) >= 11 is 10.1. The lowest BCUT2D eigenvalue weighted by molar-refractivity contribution is -0.137. The number of halogens is 1. The van der Waals surface area contributed by atoms with E-state index in [9.17, 15) is 9.90 Å². The van der Waals surface area contributed by atoms with Crippen LogP contribution in [-0.2, 0) is 4.79 Å². The molecular formula is C26H39ClN2O2S2. The molecule has 0 aromatic rings. The van der Waals surface area contributed by atoms with Gasteiger partial charge in [0.2, 0.25) is 0 Å². The molecule has 4 nitrogen and oxygen atoms in total. The molecule has 33 heavy (non-hydrogen) atoms. The maximum Gasteiger partial charge on any atom is 0.323 e. The zero-order valence-corrected chi connectivity index (χ0v) is 22.9. The first-order valence-corrected chi connectivity index (χ1v) is 13.9. The van der Waals surface area contributed by atoms with E-state index in [1.807, 2.05) is 47.7 Å². The average molecular weight is 511 g/mol. The molecule has 7 heteroatoms. The quantitative estimate of drug-likeness (QED) is 0.250. The van der Waals surface area contributed by atoms with Crippen LogP contribution in [0.25, 0.3) is 0 Å². The summed E-state index contributed by atoms with van der Waals surface area (Å²) in [5.41, 5.74) is 1.27. The maximum absolute atomic E-state index is 11.4. The zero-order chi connectivity index (χ0) is 24.4. The Morgan fingerprint density at radius 3 is 2.79 bits per heavy atom. The SMILES string of the molecule is C/C=C(\C=C/C(C)SC(C)C)SN1CCC(C/C2=C/N(CC(=O)O)C(C)/C=C(Cl)\C=C/C2)C1. The highest BCUT2D eigenvalue weighted by Crippen LogP contribution is 2.33. The molecule has 1 fully saturated rings. The number of hydrogen-bond donors (Lipinski definition) is 1. The van der Waals surface area contributed by atoms with E-state index in [2.05, 4.69) is 62.5 Å². The van der Waals surface area contributed by atoms with Crippen molar-refractivity contribution in [2.75, 3.05) is 19.6 Å². The molecule has 0 aromatic carbocycles. The van der Waals surface area contributed by atoms with Gasteiger partial charge in [-0.25, -0.2) is 4.31 Å². The van der Waals surface area contributed by atoms with Crippen molar-refractivity contribution < 1.29 is 9.90 Å². The summed E-state index contributed by atoms with van der Waals surface area (Å²) in [5, 5.41) is 11.2. The van der Waals surface area contributed by atoms with Gasteiger partial charge in [0.1, 0.15) is 6.54 Å². The molecule has 2 heterocycles. The Morgan fingerprint density at radius 2 is 2.12 bits per heavy atom. The van der Waals surface area contributed by atoms with Crippen LogP contribution in [-0.4, -0.2) is 56.5 Å². The third-order valence-electron chi connectivity index (χ3n) is 5.58. The van der Waals surface area contributed by atoms with Gasteiger partial charge in [-0.2, -0.15) is 11.8 Å². The van der Waals surface area contributed by atoms with Crippen molar-refractivity contribution in [2.24, 2.45) is 5.92 Å². The fraction of sp³-hybridized carbons (Fsp3) is 0.577. The smallest absolute Gasteiger partial charge is 0.323 e. The highest BCUT2D eigenvalue weighted by molar-refractivity contribution is 8.01. The summed E-state index contributed by atoms with van der Waals surface area (Å²) in [7, 11) is 0. The fourth-order valence-electron chi connectivity index (χ4n) is 4.04. The van der Waals surface area contributed by atoms with E-state index in [1.165, 1.54) is 10.5 Å². The Bertz CT molecular complexity index is 804. The van der Waals surface area contributed by atoms with Crippen molar-refractivity contribution in [1.29, 1.82) is 0 Å². The van der Waals surface area contributed by atoms with Gasteiger partial charge in [-0.05, 0) is 81.5 Å². The van der Waals surface area contributed by atoms with Gasteiger partial charge >= 0.3 is 5.97 Å². The lowest BCUT2D eigenvalue weighted by Crippen LogP contribution is -2.32. The van der Waals surface area contributed by atoms with Crippen LogP contribution >= 0.6 is 35.3 Å². The fourth-order valence-corrected chi connectivity index (χ4v) is 6.37. The highest BCUT2D eigenvalue weighted by atomic mass is 35.5. The molecular weight excluding hydrogens is 472 g/mol. The van der Waals surface area contributed by atoms with Gasteiger partial charge in [0.05, 0.1) is 0 Å². The molecule has 0 spiro atoms. The van der Waals surface area contributed by atoms with Gasteiger partial charge in [0, 0.05) is 34.3 Å². The first-order chi connectivity index (χ1) is 15.7. The summed E-state index contributed by atoms with van der Waals surface area (Å²) < 4.78 is 2.46. The van der Waals surface area contributed by atoms with Crippen molar-refractivity contribution in [3.8, 4) is 0 Å². The Hall–Kier alpha value is -1.08. The van der Waals surface area contributed by atoms with Gasteiger partial charge in [0.25, 0.3) is 0 Å². The number of nitrogens with zero attached hydrogens (tertiary/aromatic N) is 2. The molecule has 2 rings (SSSR count). The van der Waals surface area contributed by atoms with Gasteiger partial charge in [-0.1, -0.05) is 55.3 Å². The Balaban J connectivity index is 1.98. The number of allylic oxidation sites excluding steroid dienone is 6. The van der Waals surface area contributed by atoms with Crippen molar-refractivity contribution >= 4 is 41.3 Å². The second kappa shape index (κ2) is 14.3. The van der Waals surface area contributed by atoms with Crippen LogP contribution in [0.4, 0.5) is 0 Å². The van der Waals surface area contributed by atoms with Crippen LogP contribution in [0.15, 0.2) is 58.2 Å². The first kappa shape index (κ1) is 28.2. The van der Waals surface area contributed by atoms with Crippen molar-refractivity contribution in [3.05, 3.63) is 58.2 Å². The topological polar surface area (TPSA) is 43.8 Å². The highest BCUT2D eigenvalue weighted by Gasteiger charge is 2.25. The minimum Gasteiger partial charge on any atom is -0.480 e. The monoisotopic (exact) mass is 510 g/mol. The van der Waals surface area contributed by atoms with Crippen LogP contribution in [0.1, 0.15) is 53.9 Å². The summed E-state index contributed by atoms with van der Waals surface area (Å²) in [6, 6.07) is -0.0673. The summed E-state index contributed by atoms with van der Waals surface area (Å²) in [5.74, 6) is -0.258. The van der Waals surface area contributed by atoms with Crippen molar-refractivity contribution in [1.82, 2.24) is 9.21 Å².